The van der Waals surface area contributed by atoms with Crippen molar-refractivity contribution in [2.75, 3.05) is 25.7 Å². The molecule has 0 spiro atoms. The molecule has 0 aliphatic rings. The molecule has 2 N–H and O–H groups in total. The summed E-state index contributed by atoms with van der Waals surface area (Å²) in [6.45, 7) is 0.816. The van der Waals surface area contributed by atoms with E-state index in [0.717, 1.165) is 5.56 Å². The van der Waals surface area contributed by atoms with E-state index in [1.54, 1.807) is 19.2 Å². The zero-order chi connectivity index (χ0) is 19.8. The van der Waals surface area contributed by atoms with Crippen LogP contribution in [0.15, 0.2) is 29.3 Å². The quantitative estimate of drug-likeness (QED) is 0.521. The van der Waals surface area contributed by atoms with Gasteiger partial charge < -0.3 is 15.4 Å². The first kappa shape index (κ1) is 22.1. The second-order valence-electron chi connectivity index (χ2n) is 5.94. The lowest BCUT2D eigenvalue weighted by Crippen LogP contribution is -2.42. The lowest BCUT2D eigenvalue weighted by Gasteiger charge is -2.18. The van der Waals surface area contributed by atoms with Gasteiger partial charge in [0, 0.05) is 25.9 Å². The summed E-state index contributed by atoms with van der Waals surface area (Å²) in [6.07, 6.45) is -2.77. The van der Waals surface area contributed by atoms with Crippen LogP contribution in [0.2, 0.25) is 0 Å². The zero-order valence-corrected chi connectivity index (χ0v) is 15.7. The summed E-state index contributed by atoms with van der Waals surface area (Å²) in [5.74, 6) is 0.662. The Labute approximate surface area is 151 Å². The smallest absolute Gasteiger partial charge is 0.422 e. The highest BCUT2D eigenvalue weighted by atomic mass is 32.2. The van der Waals surface area contributed by atoms with Gasteiger partial charge in [-0.3, -0.25) is 4.99 Å². The number of sulfone groups is 1. The average molecular weight is 395 g/mol. The van der Waals surface area contributed by atoms with Gasteiger partial charge in [-0.05, 0) is 31.0 Å². The van der Waals surface area contributed by atoms with Crippen LogP contribution in [0.4, 0.5) is 13.2 Å². The summed E-state index contributed by atoms with van der Waals surface area (Å²) in [6, 6.07) is 6.20. The third kappa shape index (κ3) is 10.1. The monoisotopic (exact) mass is 395 g/mol. The molecule has 26 heavy (non-hydrogen) atoms. The van der Waals surface area contributed by atoms with E-state index in [4.69, 9.17) is 4.74 Å². The fourth-order valence-electron chi connectivity index (χ4n) is 1.99. The van der Waals surface area contributed by atoms with Crippen LogP contribution in [0, 0.1) is 0 Å². The van der Waals surface area contributed by atoms with Gasteiger partial charge in [-0.2, -0.15) is 13.2 Å². The minimum Gasteiger partial charge on any atom is -0.484 e. The lowest BCUT2D eigenvalue weighted by molar-refractivity contribution is -0.153. The average Bonchev–Trinajstić information content (AvgIpc) is 2.54. The van der Waals surface area contributed by atoms with Crippen LogP contribution in [0.5, 0.6) is 5.75 Å². The molecule has 0 radical (unpaired) electrons. The van der Waals surface area contributed by atoms with Gasteiger partial charge in [0.2, 0.25) is 0 Å². The maximum absolute atomic E-state index is 12.2. The molecule has 0 aromatic heterocycles. The van der Waals surface area contributed by atoms with E-state index in [0.29, 0.717) is 18.9 Å². The van der Waals surface area contributed by atoms with Gasteiger partial charge in [-0.25, -0.2) is 8.42 Å². The second kappa shape index (κ2) is 9.65. The molecule has 0 saturated carbocycles. The van der Waals surface area contributed by atoms with Gasteiger partial charge >= 0.3 is 6.18 Å². The van der Waals surface area contributed by atoms with Gasteiger partial charge in [0.25, 0.3) is 0 Å². The lowest BCUT2D eigenvalue weighted by atomic mass is 10.2. The molecule has 0 aliphatic carbocycles. The minimum absolute atomic E-state index is 0.0662. The largest absolute Gasteiger partial charge is 0.484 e. The molecular formula is C16H24F3N3O3S. The van der Waals surface area contributed by atoms with Crippen LogP contribution in [0.1, 0.15) is 18.9 Å². The summed E-state index contributed by atoms with van der Waals surface area (Å²) in [4.78, 5) is 4.04. The number of hydrogen-bond donors (Lipinski definition) is 2. The summed E-state index contributed by atoms with van der Waals surface area (Å²) in [5.41, 5.74) is 0.719. The van der Waals surface area contributed by atoms with Gasteiger partial charge in [-0.1, -0.05) is 12.1 Å². The molecule has 0 aliphatic heterocycles. The van der Waals surface area contributed by atoms with Crippen molar-refractivity contribution in [3.63, 3.8) is 0 Å². The fourth-order valence-corrected chi connectivity index (χ4v) is 2.77. The fraction of sp³-hybridized carbons (Fsp3) is 0.562. The normalized spacial score (nSPS) is 14.0. The first-order valence-corrected chi connectivity index (χ1v) is 9.98. The number of benzene rings is 1. The van der Waals surface area contributed by atoms with Crippen LogP contribution in [-0.2, 0) is 16.4 Å². The Kier molecular flexibility index (Phi) is 8.19. The maximum atomic E-state index is 12.2. The minimum atomic E-state index is -4.39. The predicted octanol–water partition coefficient (Wildman–Crippen LogP) is 2.12. The Balaban J connectivity index is 2.53. The Bertz CT molecular complexity index is 706. The van der Waals surface area contributed by atoms with Crippen molar-refractivity contribution < 1.29 is 26.3 Å². The van der Waals surface area contributed by atoms with E-state index < -0.39 is 22.6 Å². The summed E-state index contributed by atoms with van der Waals surface area (Å²) < 4.78 is 63.7. The summed E-state index contributed by atoms with van der Waals surface area (Å²) in [5, 5.41) is 6.09. The highest BCUT2D eigenvalue weighted by Crippen LogP contribution is 2.19. The van der Waals surface area contributed by atoms with Crippen LogP contribution in [-0.4, -0.2) is 52.3 Å². The van der Waals surface area contributed by atoms with Crippen molar-refractivity contribution in [2.45, 2.75) is 32.1 Å². The molecule has 0 saturated heterocycles. The molecule has 1 aromatic carbocycles. The molecule has 1 aromatic rings. The Hall–Kier alpha value is -1.97. The third-order valence-electron chi connectivity index (χ3n) is 3.29. The predicted molar refractivity (Wildman–Crippen MR) is 95.1 cm³/mol. The van der Waals surface area contributed by atoms with E-state index in [2.05, 4.69) is 15.6 Å². The summed E-state index contributed by atoms with van der Waals surface area (Å²) in [7, 11) is -1.46. The van der Waals surface area contributed by atoms with E-state index in [1.807, 2.05) is 6.92 Å². The van der Waals surface area contributed by atoms with Crippen LogP contribution in [0.25, 0.3) is 0 Å². The number of ether oxygens (including phenoxy) is 1. The molecule has 6 nitrogen and oxygen atoms in total. The number of hydrogen-bond acceptors (Lipinski definition) is 4. The molecule has 0 bridgehead atoms. The first-order valence-electron chi connectivity index (χ1n) is 7.92. The Morgan fingerprint density at radius 1 is 1.35 bits per heavy atom. The van der Waals surface area contributed by atoms with Gasteiger partial charge in [-0.15, -0.1) is 0 Å². The topological polar surface area (TPSA) is 79.8 Å². The number of guanidine groups is 1. The molecule has 10 heteroatoms. The number of aliphatic imine (C=N–C) groups is 1. The van der Waals surface area contributed by atoms with Crippen molar-refractivity contribution in [1.29, 1.82) is 0 Å². The van der Waals surface area contributed by atoms with Crippen molar-refractivity contribution in [2.24, 2.45) is 4.99 Å². The van der Waals surface area contributed by atoms with Crippen molar-refractivity contribution >= 4 is 15.8 Å². The third-order valence-corrected chi connectivity index (χ3v) is 4.27. The molecule has 0 heterocycles. The molecule has 148 valence electrons. The molecule has 1 rings (SSSR count). The highest BCUT2D eigenvalue weighted by Gasteiger charge is 2.28. The number of halogens is 3. The number of nitrogens with one attached hydrogen (secondary N) is 2. The van der Waals surface area contributed by atoms with Crippen LogP contribution >= 0.6 is 0 Å². The molecule has 1 atom stereocenters. The van der Waals surface area contributed by atoms with E-state index in [-0.39, 0.29) is 17.5 Å². The molecule has 1 unspecified atom stereocenters. The van der Waals surface area contributed by atoms with Crippen molar-refractivity contribution in [3.8, 4) is 5.75 Å². The standard InChI is InChI=1S/C16H24F3N3O3S/c1-12(7-8-26(3,23)24)22-15(20-2)21-10-13-5-4-6-14(9-13)25-11-16(17,18)19/h4-6,9,12H,7-8,10-11H2,1-3H3,(H2,20,21,22). The van der Waals surface area contributed by atoms with Gasteiger partial charge in [0.05, 0.1) is 5.75 Å². The van der Waals surface area contributed by atoms with E-state index in [9.17, 15) is 21.6 Å². The Morgan fingerprint density at radius 3 is 2.62 bits per heavy atom. The first-order chi connectivity index (χ1) is 12.0. The summed E-state index contributed by atoms with van der Waals surface area (Å²) >= 11 is 0. The molecule has 0 fully saturated rings. The molecular weight excluding hydrogens is 371 g/mol. The maximum Gasteiger partial charge on any atom is 0.422 e. The zero-order valence-electron chi connectivity index (χ0n) is 14.9. The van der Waals surface area contributed by atoms with Gasteiger partial charge in [0.15, 0.2) is 12.6 Å². The number of nitrogens with zero attached hydrogens (tertiary/aromatic N) is 1. The second-order valence-corrected chi connectivity index (χ2v) is 8.20. The van der Waals surface area contributed by atoms with E-state index in [1.165, 1.54) is 18.4 Å². The molecule has 0 amide bonds. The number of rotatable bonds is 8. The number of alkyl halides is 3. The highest BCUT2D eigenvalue weighted by molar-refractivity contribution is 7.90. The van der Waals surface area contributed by atoms with Crippen LogP contribution < -0.4 is 15.4 Å². The van der Waals surface area contributed by atoms with Crippen molar-refractivity contribution in [3.05, 3.63) is 29.8 Å². The van der Waals surface area contributed by atoms with Crippen LogP contribution in [0.3, 0.4) is 0 Å². The van der Waals surface area contributed by atoms with Crippen molar-refractivity contribution in [1.82, 2.24) is 10.6 Å². The Morgan fingerprint density at radius 2 is 2.04 bits per heavy atom. The SMILES string of the molecule is CN=C(NCc1cccc(OCC(F)(F)F)c1)NC(C)CCS(C)(=O)=O. The van der Waals surface area contributed by atoms with E-state index >= 15 is 0 Å². The van der Waals surface area contributed by atoms with Gasteiger partial charge in [0.1, 0.15) is 15.6 Å².